The van der Waals surface area contributed by atoms with Gasteiger partial charge >= 0.3 is 0 Å². The van der Waals surface area contributed by atoms with Crippen LogP contribution in [0.25, 0.3) is 0 Å². The van der Waals surface area contributed by atoms with E-state index in [0.717, 1.165) is 5.56 Å². The van der Waals surface area contributed by atoms with Crippen LogP contribution in [0.1, 0.15) is 17.4 Å². The SMILES string of the molecule is COc1c(C)cc(Cl)cc1C(O)N(C)C. The molecule has 3 nitrogen and oxygen atoms in total. The summed E-state index contributed by atoms with van der Waals surface area (Å²) in [5.74, 6) is 0.681. The van der Waals surface area contributed by atoms with Gasteiger partial charge in [0.15, 0.2) is 0 Å². The van der Waals surface area contributed by atoms with Crippen LogP contribution in [-0.4, -0.2) is 31.2 Å². The van der Waals surface area contributed by atoms with Gasteiger partial charge in [-0.15, -0.1) is 0 Å². The van der Waals surface area contributed by atoms with Gasteiger partial charge in [0, 0.05) is 10.6 Å². The molecule has 0 saturated heterocycles. The summed E-state index contributed by atoms with van der Waals surface area (Å²) in [5, 5.41) is 10.5. The lowest BCUT2D eigenvalue weighted by atomic mass is 10.1. The third kappa shape index (κ3) is 2.62. The summed E-state index contributed by atoms with van der Waals surface area (Å²) < 4.78 is 5.26. The van der Waals surface area contributed by atoms with Gasteiger partial charge < -0.3 is 9.84 Å². The predicted octanol–water partition coefficient (Wildman–Crippen LogP) is 2.21. The van der Waals surface area contributed by atoms with E-state index >= 15 is 0 Å². The molecule has 0 saturated carbocycles. The van der Waals surface area contributed by atoms with Gasteiger partial charge in [0.25, 0.3) is 0 Å². The molecule has 1 unspecified atom stereocenters. The van der Waals surface area contributed by atoms with E-state index in [1.165, 1.54) is 0 Å². The summed E-state index contributed by atoms with van der Waals surface area (Å²) in [7, 11) is 5.17. The number of hydrogen-bond donors (Lipinski definition) is 1. The van der Waals surface area contributed by atoms with E-state index in [4.69, 9.17) is 16.3 Å². The van der Waals surface area contributed by atoms with Crippen LogP contribution in [0.2, 0.25) is 5.02 Å². The Labute approximate surface area is 95.2 Å². The topological polar surface area (TPSA) is 32.7 Å². The Morgan fingerprint density at radius 1 is 1.40 bits per heavy atom. The summed E-state index contributed by atoms with van der Waals surface area (Å²) >= 11 is 5.94. The van der Waals surface area contributed by atoms with Crippen LogP contribution >= 0.6 is 11.6 Å². The van der Waals surface area contributed by atoms with Crippen LogP contribution in [0, 0.1) is 6.92 Å². The second-order valence-electron chi connectivity index (χ2n) is 3.68. The van der Waals surface area contributed by atoms with Crippen LogP contribution in [0.15, 0.2) is 12.1 Å². The Hall–Kier alpha value is -0.770. The van der Waals surface area contributed by atoms with E-state index in [9.17, 15) is 5.11 Å². The van der Waals surface area contributed by atoms with E-state index in [-0.39, 0.29) is 0 Å². The minimum absolute atomic E-state index is 0.601. The first kappa shape index (κ1) is 12.3. The number of halogens is 1. The lowest BCUT2D eigenvalue weighted by Crippen LogP contribution is -2.20. The first-order valence-corrected chi connectivity index (χ1v) is 5.03. The normalized spacial score (nSPS) is 13.0. The first-order chi connectivity index (χ1) is 6.97. The number of methoxy groups -OCH3 is 1. The molecule has 0 amide bonds. The standard InChI is InChI=1S/C11H16ClNO2/c1-7-5-8(12)6-9(10(7)15-4)11(14)13(2)3/h5-6,11,14H,1-4H3. The van der Waals surface area contributed by atoms with E-state index in [2.05, 4.69) is 0 Å². The molecule has 0 aliphatic rings. The Bertz CT molecular complexity index is 353. The van der Waals surface area contributed by atoms with Gasteiger partial charge in [-0.2, -0.15) is 0 Å². The minimum Gasteiger partial charge on any atom is -0.496 e. The molecule has 0 heterocycles. The first-order valence-electron chi connectivity index (χ1n) is 4.66. The molecule has 1 aromatic rings. The number of aliphatic hydroxyl groups is 1. The Kier molecular flexibility index (Phi) is 3.97. The van der Waals surface area contributed by atoms with Crippen molar-refractivity contribution in [2.75, 3.05) is 21.2 Å². The van der Waals surface area contributed by atoms with Crippen molar-refractivity contribution in [3.63, 3.8) is 0 Å². The average Bonchev–Trinajstić information content (AvgIpc) is 2.15. The van der Waals surface area contributed by atoms with Crippen molar-refractivity contribution >= 4 is 11.6 Å². The van der Waals surface area contributed by atoms with Gasteiger partial charge in [-0.3, -0.25) is 4.90 Å². The lowest BCUT2D eigenvalue weighted by molar-refractivity contribution is 0.0374. The average molecular weight is 230 g/mol. The highest BCUT2D eigenvalue weighted by molar-refractivity contribution is 6.30. The van der Waals surface area contributed by atoms with Crippen LogP contribution in [0.5, 0.6) is 5.75 Å². The number of aryl methyl sites for hydroxylation is 1. The summed E-state index contributed by atoms with van der Waals surface area (Å²) in [6.07, 6.45) is -0.711. The van der Waals surface area contributed by atoms with Crippen molar-refractivity contribution < 1.29 is 9.84 Å². The van der Waals surface area contributed by atoms with Gasteiger partial charge in [-0.05, 0) is 38.7 Å². The molecule has 0 fully saturated rings. The molecular formula is C11H16ClNO2. The highest BCUT2D eigenvalue weighted by atomic mass is 35.5. The number of hydrogen-bond acceptors (Lipinski definition) is 3. The quantitative estimate of drug-likeness (QED) is 0.807. The molecule has 15 heavy (non-hydrogen) atoms. The fraction of sp³-hybridized carbons (Fsp3) is 0.455. The molecule has 0 aromatic heterocycles. The largest absolute Gasteiger partial charge is 0.496 e. The van der Waals surface area contributed by atoms with E-state index in [0.29, 0.717) is 16.3 Å². The van der Waals surface area contributed by atoms with Crippen molar-refractivity contribution in [1.29, 1.82) is 0 Å². The number of rotatable bonds is 3. The van der Waals surface area contributed by atoms with Crippen molar-refractivity contribution in [3.05, 3.63) is 28.3 Å². The Balaban J connectivity index is 3.26. The molecule has 1 rings (SSSR count). The van der Waals surface area contributed by atoms with Gasteiger partial charge in [0.2, 0.25) is 0 Å². The molecule has 1 atom stereocenters. The molecule has 4 heteroatoms. The van der Waals surface area contributed by atoms with Crippen LogP contribution in [0.3, 0.4) is 0 Å². The van der Waals surface area contributed by atoms with Crippen molar-refractivity contribution in [3.8, 4) is 5.75 Å². The highest BCUT2D eigenvalue weighted by Gasteiger charge is 2.17. The van der Waals surface area contributed by atoms with E-state index in [1.54, 1.807) is 32.2 Å². The molecule has 0 aliphatic heterocycles. The summed E-state index contributed by atoms with van der Waals surface area (Å²) in [6.45, 7) is 1.90. The number of aliphatic hydroxyl groups excluding tert-OH is 1. The molecule has 84 valence electrons. The van der Waals surface area contributed by atoms with E-state index < -0.39 is 6.23 Å². The third-order valence-electron chi connectivity index (χ3n) is 2.24. The second-order valence-corrected chi connectivity index (χ2v) is 4.12. The molecular weight excluding hydrogens is 214 g/mol. The Morgan fingerprint density at radius 3 is 2.47 bits per heavy atom. The number of nitrogens with zero attached hydrogens (tertiary/aromatic N) is 1. The molecule has 0 bridgehead atoms. The van der Waals surface area contributed by atoms with Crippen molar-refractivity contribution in [2.45, 2.75) is 13.2 Å². The zero-order valence-electron chi connectivity index (χ0n) is 9.41. The highest BCUT2D eigenvalue weighted by Crippen LogP contribution is 2.32. The third-order valence-corrected chi connectivity index (χ3v) is 2.46. The molecule has 1 aromatic carbocycles. The molecule has 0 aliphatic carbocycles. The van der Waals surface area contributed by atoms with Gasteiger partial charge in [0.1, 0.15) is 12.0 Å². The molecule has 1 N–H and O–H groups in total. The zero-order valence-corrected chi connectivity index (χ0v) is 10.2. The van der Waals surface area contributed by atoms with Crippen LogP contribution in [-0.2, 0) is 0 Å². The number of ether oxygens (including phenoxy) is 1. The van der Waals surface area contributed by atoms with Crippen LogP contribution < -0.4 is 4.74 Å². The van der Waals surface area contributed by atoms with Crippen molar-refractivity contribution in [2.24, 2.45) is 0 Å². The van der Waals surface area contributed by atoms with E-state index in [1.807, 2.05) is 13.0 Å². The lowest BCUT2D eigenvalue weighted by Gasteiger charge is -2.22. The zero-order chi connectivity index (χ0) is 11.6. The van der Waals surface area contributed by atoms with Gasteiger partial charge in [0.05, 0.1) is 7.11 Å². The minimum atomic E-state index is -0.711. The van der Waals surface area contributed by atoms with Gasteiger partial charge in [-0.25, -0.2) is 0 Å². The monoisotopic (exact) mass is 229 g/mol. The fourth-order valence-corrected chi connectivity index (χ4v) is 1.79. The second kappa shape index (κ2) is 4.84. The summed E-state index contributed by atoms with van der Waals surface area (Å²) in [6, 6.07) is 3.53. The molecule has 0 radical (unpaired) electrons. The predicted molar refractivity (Wildman–Crippen MR) is 61.4 cm³/mol. The maximum atomic E-state index is 9.95. The maximum absolute atomic E-state index is 9.95. The number of benzene rings is 1. The van der Waals surface area contributed by atoms with Crippen LogP contribution in [0.4, 0.5) is 0 Å². The maximum Gasteiger partial charge on any atom is 0.136 e. The summed E-state index contributed by atoms with van der Waals surface area (Å²) in [5.41, 5.74) is 1.61. The smallest absolute Gasteiger partial charge is 0.136 e. The molecule has 0 spiro atoms. The van der Waals surface area contributed by atoms with Crippen molar-refractivity contribution in [1.82, 2.24) is 4.90 Å². The van der Waals surface area contributed by atoms with Gasteiger partial charge in [-0.1, -0.05) is 11.6 Å². The summed E-state index contributed by atoms with van der Waals surface area (Å²) in [4.78, 5) is 1.69. The fourth-order valence-electron chi connectivity index (χ4n) is 1.50. The Morgan fingerprint density at radius 2 is 2.00 bits per heavy atom.